The molecule has 0 bridgehead atoms. The summed E-state index contributed by atoms with van der Waals surface area (Å²) < 4.78 is 17.9. The first-order valence-electron chi connectivity index (χ1n) is 8.60. The molecule has 1 saturated heterocycles. The van der Waals surface area contributed by atoms with E-state index in [2.05, 4.69) is 15.4 Å². The van der Waals surface area contributed by atoms with Crippen LogP contribution in [0.25, 0.3) is 0 Å². The van der Waals surface area contributed by atoms with Crippen molar-refractivity contribution in [3.05, 3.63) is 41.9 Å². The summed E-state index contributed by atoms with van der Waals surface area (Å²) in [6, 6.07) is 8.01. The first-order valence-corrected chi connectivity index (χ1v) is 9.76. The molecule has 1 aromatic heterocycles. The van der Waals surface area contributed by atoms with Crippen LogP contribution in [0.5, 0.6) is 0 Å². The summed E-state index contributed by atoms with van der Waals surface area (Å²) in [5.41, 5.74) is 0.956. The zero-order valence-corrected chi connectivity index (χ0v) is 15.8. The van der Waals surface area contributed by atoms with Gasteiger partial charge in [-0.05, 0) is 31.2 Å². The van der Waals surface area contributed by atoms with Crippen LogP contribution in [0, 0.1) is 12.7 Å². The molecule has 2 heterocycles. The molecule has 144 valence electrons. The van der Waals surface area contributed by atoms with Crippen LogP contribution < -0.4 is 10.2 Å². The van der Waals surface area contributed by atoms with E-state index >= 15 is 0 Å². The van der Waals surface area contributed by atoms with Gasteiger partial charge in [0.2, 0.25) is 11.8 Å². The number of aryl methyl sites for hydroxylation is 1. The quantitative estimate of drug-likeness (QED) is 0.812. The Balaban J connectivity index is 1.36. The van der Waals surface area contributed by atoms with Gasteiger partial charge in [-0.1, -0.05) is 5.16 Å². The molecule has 1 fully saturated rings. The van der Waals surface area contributed by atoms with Gasteiger partial charge in [0.15, 0.2) is 5.82 Å². The van der Waals surface area contributed by atoms with Crippen LogP contribution in [0.2, 0.25) is 0 Å². The highest BCUT2D eigenvalue weighted by molar-refractivity contribution is 8.00. The number of thioether (sulfide) groups is 1. The van der Waals surface area contributed by atoms with Gasteiger partial charge in [0.25, 0.3) is 0 Å². The summed E-state index contributed by atoms with van der Waals surface area (Å²) in [7, 11) is 0. The number of carbonyl (C=O) groups excluding carboxylic acids is 2. The minimum absolute atomic E-state index is 0.0174. The van der Waals surface area contributed by atoms with E-state index in [0.717, 1.165) is 5.69 Å². The molecule has 0 saturated carbocycles. The zero-order chi connectivity index (χ0) is 19.2. The maximum absolute atomic E-state index is 13.0. The zero-order valence-electron chi connectivity index (χ0n) is 15.0. The van der Waals surface area contributed by atoms with Crippen molar-refractivity contribution in [2.24, 2.45) is 0 Å². The summed E-state index contributed by atoms with van der Waals surface area (Å²) in [5.74, 6) is 0.960. The predicted octanol–water partition coefficient (Wildman–Crippen LogP) is 2.14. The van der Waals surface area contributed by atoms with E-state index in [0.29, 0.717) is 37.8 Å². The van der Waals surface area contributed by atoms with Crippen LogP contribution in [-0.4, -0.2) is 59.6 Å². The fourth-order valence-corrected chi connectivity index (χ4v) is 3.51. The third kappa shape index (κ3) is 5.46. The summed E-state index contributed by atoms with van der Waals surface area (Å²) in [5, 5.41) is 6.31. The van der Waals surface area contributed by atoms with Gasteiger partial charge in [-0.3, -0.25) is 9.59 Å². The van der Waals surface area contributed by atoms with Crippen molar-refractivity contribution in [2.45, 2.75) is 6.92 Å². The van der Waals surface area contributed by atoms with Crippen molar-refractivity contribution < 1.29 is 18.5 Å². The number of hydrogen-bond acceptors (Lipinski definition) is 6. The highest BCUT2D eigenvalue weighted by atomic mass is 32.2. The van der Waals surface area contributed by atoms with E-state index in [9.17, 15) is 14.0 Å². The van der Waals surface area contributed by atoms with Gasteiger partial charge in [-0.25, -0.2) is 4.39 Å². The van der Waals surface area contributed by atoms with Crippen molar-refractivity contribution in [1.29, 1.82) is 0 Å². The molecule has 27 heavy (non-hydrogen) atoms. The number of amides is 2. The first-order chi connectivity index (χ1) is 13.0. The highest BCUT2D eigenvalue weighted by Gasteiger charge is 2.21. The molecule has 1 N–H and O–H groups in total. The average molecular weight is 392 g/mol. The molecule has 9 heteroatoms. The van der Waals surface area contributed by atoms with Crippen molar-refractivity contribution in [2.75, 3.05) is 47.9 Å². The average Bonchev–Trinajstić information content (AvgIpc) is 3.07. The molecular formula is C18H21FN4O3S. The van der Waals surface area contributed by atoms with Crippen LogP contribution in [0.3, 0.4) is 0 Å². The molecule has 1 aliphatic rings. The predicted molar refractivity (Wildman–Crippen MR) is 102 cm³/mol. The van der Waals surface area contributed by atoms with E-state index in [1.165, 1.54) is 23.9 Å². The first kappa shape index (κ1) is 19.2. The second-order valence-corrected chi connectivity index (χ2v) is 7.19. The third-order valence-corrected chi connectivity index (χ3v) is 5.10. The molecular weight excluding hydrogens is 371 g/mol. The minimum atomic E-state index is -0.257. The lowest BCUT2D eigenvalue weighted by Crippen LogP contribution is -2.49. The van der Waals surface area contributed by atoms with Gasteiger partial charge in [0.1, 0.15) is 11.6 Å². The lowest BCUT2D eigenvalue weighted by Gasteiger charge is -2.36. The van der Waals surface area contributed by atoms with Crippen molar-refractivity contribution in [3.8, 4) is 0 Å². The molecule has 0 radical (unpaired) electrons. The van der Waals surface area contributed by atoms with Crippen molar-refractivity contribution in [1.82, 2.24) is 10.1 Å². The number of rotatable bonds is 6. The Morgan fingerprint density at radius 2 is 1.89 bits per heavy atom. The standard InChI is InChI=1S/C18H21FN4O3S/c1-13-10-16(21-26-13)20-17(24)11-27-12-18(25)23-8-6-22(7-9-23)15-4-2-14(19)3-5-15/h2-5,10H,6-9,11-12H2,1H3,(H,20,21,24). The molecule has 2 aromatic rings. The lowest BCUT2D eigenvalue weighted by atomic mass is 10.2. The minimum Gasteiger partial charge on any atom is -0.368 e. The molecule has 1 aliphatic heterocycles. The van der Waals surface area contributed by atoms with Crippen LogP contribution in [0.1, 0.15) is 5.76 Å². The number of halogens is 1. The Hall–Kier alpha value is -2.55. The Bertz CT molecular complexity index is 788. The maximum atomic E-state index is 13.0. The van der Waals surface area contributed by atoms with E-state index in [-0.39, 0.29) is 29.1 Å². The normalized spacial score (nSPS) is 14.3. The van der Waals surface area contributed by atoms with Crippen molar-refractivity contribution >= 4 is 35.1 Å². The van der Waals surface area contributed by atoms with Gasteiger partial charge >= 0.3 is 0 Å². The van der Waals surface area contributed by atoms with Gasteiger partial charge < -0.3 is 19.6 Å². The van der Waals surface area contributed by atoms with Gasteiger partial charge in [-0.15, -0.1) is 11.8 Å². The number of nitrogens with zero attached hydrogens (tertiary/aromatic N) is 3. The second kappa shape index (κ2) is 8.90. The Kier molecular flexibility index (Phi) is 6.33. The van der Waals surface area contributed by atoms with Crippen molar-refractivity contribution in [3.63, 3.8) is 0 Å². The number of piperazine rings is 1. The second-order valence-electron chi connectivity index (χ2n) is 6.21. The van der Waals surface area contributed by atoms with E-state index in [1.807, 2.05) is 0 Å². The number of hydrogen-bond donors (Lipinski definition) is 1. The SMILES string of the molecule is Cc1cc(NC(=O)CSCC(=O)N2CCN(c3ccc(F)cc3)CC2)no1. The highest BCUT2D eigenvalue weighted by Crippen LogP contribution is 2.17. The Morgan fingerprint density at radius 3 is 2.52 bits per heavy atom. The summed E-state index contributed by atoms with van der Waals surface area (Å²) in [6.45, 7) is 4.37. The van der Waals surface area contributed by atoms with Crippen LogP contribution in [0.4, 0.5) is 15.9 Å². The number of aromatic nitrogens is 1. The van der Waals surface area contributed by atoms with E-state index < -0.39 is 0 Å². The smallest absolute Gasteiger partial charge is 0.235 e. The number of anilines is 2. The van der Waals surface area contributed by atoms with Gasteiger partial charge in [-0.2, -0.15) is 0 Å². The third-order valence-electron chi connectivity index (χ3n) is 4.18. The number of nitrogens with one attached hydrogen (secondary N) is 1. The van der Waals surface area contributed by atoms with Crippen LogP contribution in [-0.2, 0) is 9.59 Å². The largest absolute Gasteiger partial charge is 0.368 e. The Labute approximate surface area is 160 Å². The number of carbonyl (C=O) groups is 2. The molecule has 2 amide bonds. The van der Waals surface area contributed by atoms with E-state index in [4.69, 9.17) is 4.52 Å². The molecule has 0 spiro atoms. The fraction of sp³-hybridized carbons (Fsp3) is 0.389. The summed E-state index contributed by atoms with van der Waals surface area (Å²) >= 11 is 1.27. The Morgan fingerprint density at radius 1 is 1.19 bits per heavy atom. The molecule has 0 aliphatic carbocycles. The fourth-order valence-electron chi connectivity index (χ4n) is 2.79. The monoisotopic (exact) mass is 392 g/mol. The summed E-state index contributed by atoms with van der Waals surface area (Å²) in [6.07, 6.45) is 0. The molecule has 1 aromatic carbocycles. The van der Waals surface area contributed by atoms with Gasteiger partial charge in [0.05, 0.1) is 11.5 Å². The summed E-state index contributed by atoms with van der Waals surface area (Å²) in [4.78, 5) is 28.1. The topological polar surface area (TPSA) is 78.7 Å². The van der Waals surface area contributed by atoms with Crippen LogP contribution >= 0.6 is 11.8 Å². The maximum Gasteiger partial charge on any atom is 0.235 e. The molecule has 7 nitrogen and oxygen atoms in total. The van der Waals surface area contributed by atoms with Crippen LogP contribution in [0.15, 0.2) is 34.9 Å². The molecule has 0 unspecified atom stereocenters. The van der Waals surface area contributed by atoms with E-state index in [1.54, 1.807) is 30.0 Å². The number of benzene rings is 1. The lowest BCUT2D eigenvalue weighted by molar-refractivity contribution is -0.128. The molecule has 3 rings (SSSR count). The molecule has 0 atom stereocenters. The van der Waals surface area contributed by atoms with Gasteiger partial charge in [0, 0.05) is 37.9 Å².